The number of hydrogen-bond acceptors (Lipinski definition) is 2. The largest absolute Gasteiger partial charge is 0.338 e. The van der Waals surface area contributed by atoms with Crippen molar-refractivity contribution in [3.63, 3.8) is 0 Å². The molecule has 98 valence electrons. The first-order valence-electron chi connectivity index (χ1n) is 7.06. The van der Waals surface area contributed by atoms with Crippen LogP contribution in [0.15, 0.2) is 0 Å². The van der Waals surface area contributed by atoms with Crippen molar-refractivity contribution in [2.75, 3.05) is 26.2 Å². The van der Waals surface area contributed by atoms with Gasteiger partial charge >= 0.3 is 6.03 Å². The van der Waals surface area contributed by atoms with Gasteiger partial charge in [-0.15, -0.1) is 0 Å². The van der Waals surface area contributed by atoms with Gasteiger partial charge < -0.3 is 15.5 Å². The van der Waals surface area contributed by atoms with Crippen LogP contribution in [0.3, 0.4) is 0 Å². The van der Waals surface area contributed by atoms with Crippen molar-refractivity contribution in [2.45, 2.75) is 45.1 Å². The number of hydrogen-bond donors (Lipinski definition) is 2. The zero-order chi connectivity index (χ0) is 12.1. The fourth-order valence-corrected chi connectivity index (χ4v) is 2.48. The first kappa shape index (κ1) is 12.7. The highest BCUT2D eigenvalue weighted by molar-refractivity contribution is 5.74. The van der Waals surface area contributed by atoms with Crippen molar-refractivity contribution >= 4 is 6.03 Å². The van der Waals surface area contributed by atoms with E-state index in [1.54, 1.807) is 0 Å². The van der Waals surface area contributed by atoms with Crippen LogP contribution in [0.25, 0.3) is 0 Å². The fraction of sp³-hybridized carbons (Fsp3) is 0.923. The quantitative estimate of drug-likeness (QED) is 0.765. The second kappa shape index (κ2) is 6.24. The molecule has 1 saturated heterocycles. The minimum absolute atomic E-state index is 0.153. The van der Waals surface area contributed by atoms with Crippen LogP contribution in [-0.2, 0) is 0 Å². The number of amides is 2. The Labute approximate surface area is 104 Å². The smallest absolute Gasteiger partial charge is 0.317 e. The fourth-order valence-electron chi connectivity index (χ4n) is 2.48. The molecule has 0 bridgehead atoms. The van der Waals surface area contributed by atoms with Crippen LogP contribution in [-0.4, -0.2) is 43.2 Å². The molecule has 1 aliphatic carbocycles. The molecule has 1 unspecified atom stereocenters. The van der Waals surface area contributed by atoms with E-state index in [2.05, 4.69) is 22.5 Å². The highest BCUT2D eigenvalue weighted by Gasteiger charge is 2.34. The molecule has 17 heavy (non-hydrogen) atoms. The Morgan fingerprint density at radius 2 is 2.24 bits per heavy atom. The van der Waals surface area contributed by atoms with Crippen LogP contribution in [0.1, 0.15) is 39.0 Å². The molecule has 0 aromatic rings. The van der Waals surface area contributed by atoms with Gasteiger partial charge in [-0.1, -0.05) is 6.92 Å². The van der Waals surface area contributed by atoms with Crippen molar-refractivity contribution in [1.82, 2.24) is 15.5 Å². The highest BCUT2D eigenvalue weighted by atomic mass is 16.2. The Balaban J connectivity index is 1.81. The zero-order valence-corrected chi connectivity index (χ0v) is 10.9. The van der Waals surface area contributed by atoms with E-state index in [0.717, 1.165) is 32.6 Å². The topological polar surface area (TPSA) is 44.4 Å². The van der Waals surface area contributed by atoms with Gasteiger partial charge in [0.05, 0.1) is 0 Å². The normalized spacial score (nSPS) is 24.4. The summed E-state index contributed by atoms with van der Waals surface area (Å²) in [5.41, 5.74) is 0. The highest BCUT2D eigenvalue weighted by Crippen LogP contribution is 2.28. The predicted octanol–water partition coefficient (Wildman–Crippen LogP) is 1.57. The maximum atomic E-state index is 12.1. The summed E-state index contributed by atoms with van der Waals surface area (Å²) in [5, 5.41) is 6.43. The van der Waals surface area contributed by atoms with Gasteiger partial charge in [0.2, 0.25) is 0 Å². The predicted molar refractivity (Wildman–Crippen MR) is 69.0 cm³/mol. The third kappa shape index (κ3) is 3.87. The zero-order valence-electron chi connectivity index (χ0n) is 10.9. The molecule has 4 nitrogen and oxygen atoms in total. The number of urea groups is 1. The van der Waals surface area contributed by atoms with Crippen LogP contribution >= 0.6 is 0 Å². The maximum absolute atomic E-state index is 12.1. The summed E-state index contributed by atoms with van der Waals surface area (Å²) in [6.07, 6.45) is 5.91. The van der Waals surface area contributed by atoms with E-state index in [-0.39, 0.29) is 6.03 Å². The molecular weight excluding hydrogens is 214 g/mol. The molecule has 1 saturated carbocycles. The van der Waals surface area contributed by atoms with Crippen LogP contribution in [0.2, 0.25) is 0 Å². The van der Waals surface area contributed by atoms with Gasteiger partial charge in [0.25, 0.3) is 0 Å². The molecule has 0 spiro atoms. The molecule has 0 radical (unpaired) electrons. The van der Waals surface area contributed by atoms with Crippen molar-refractivity contribution in [2.24, 2.45) is 5.92 Å². The van der Waals surface area contributed by atoms with Crippen molar-refractivity contribution in [1.29, 1.82) is 0 Å². The third-order valence-electron chi connectivity index (χ3n) is 3.63. The molecule has 1 atom stereocenters. The molecule has 0 aromatic carbocycles. The lowest BCUT2D eigenvalue weighted by Crippen LogP contribution is -2.46. The Kier molecular flexibility index (Phi) is 4.66. The number of piperidine rings is 1. The molecule has 2 rings (SSSR count). The lowest BCUT2D eigenvalue weighted by atomic mass is 9.99. The molecular formula is C13H25N3O. The Morgan fingerprint density at radius 1 is 1.41 bits per heavy atom. The lowest BCUT2D eigenvalue weighted by molar-refractivity contribution is 0.177. The first-order chi connectivity index (χ1) is 8.31. The summed E-state index contributed by atoms with van der Waals surface area (Å²) >= 11 is 0. The minimum Gasteiger partial charge on any atom is -0.338 e. The lowest BCUT2D eigenvalue weighted by Gasteiger charge is -2.30. The van der Waals surface area contributed by atoms with Crippen molar-refractivity contribution < 1.29 is 4.79 Å². The summed E-state index contributed by atoms with van der Waals surface area (Å²) in [4.78, 5) is 14.1. The number of nitrogens with one attached hydrogen (secondary N) is 2. The van der Waals surface area contributed by atoms with Gasteiger partial charge in [-0.3, -0.25) is 0 Å². The monoisotopic (exact) mass is 239 g/mol. The van der Waals surface area contributed by atoms with Gasteiger partial charge in [-0.2, -0.15) is 0 Å². The van der Waals surface area contributed by atoms with Crippen LogP contribution in [0, 0.1) is 5.92 Å². The molecule has 2 aliphatic rings. The molecule has 2 fully saturated rings. The van der Waals surface area contributed by atoms with Crippen molar-refractivity contribution in [3.8, 4) is 0 Å². The number of carbonyl (C=O) groups is 1. The number of rotatable bonds is 5. The van der Waals surface area contributed by atoms with E-state index in [0.29, 0.717) is 12.0 Å². The van der Waals surface area contributed by atoms with E-state index in [4.69, 9.17) is 0 Å². The standard InChI is InChI=1S/C13H25N3O/c1-2-7-15-13(17)16(12-5-6-12)10-11-4-3-8-14-9-11/h11-12,14H,2-10H2,1H3,(H,15,17). The molecule has 2 N–H and O–H groups in total. The summed E-state index contributed by atoms with van der Waals surface area (Å²) in [6, 6.07) is 0.675. The van der Waals surface area contributed by atoms with E-state index < -0.39 is 0 Å². The van der Waals surface area contributed by atoms with Gasteiger partial charge in [0, 0.05) is 19.1 Å². The second-order valence-electron chi connectivity index (χ2n) is 5.33. The average Bonchev–Trinajstić information content (AvgIpc) is 3.18. The average molecular weight is 239 g/mol. The van der Waals surface area contributed by atoms with E-state index in [1.165, 1.54) is 25.7 Å². The van der Waals surface area contributed by atoms with E-state index in [1.807, 2.05) is 0 Å². The maximum Gasteiger partial charge on any atom is 0.317 e. The molecule has 2 amide bonds. The van der Waals surface area contributed by atoms with Gasteiger partial charge in [-0.05, 0) is 51.1 Å². The second-order valence-corrected chi connectivity index (χ2v) is 5.33. The summed E-state index contributed by atoms with van der Waals surface area (Å²) in [6.45, 7) is 6.04. The Hall–Kier alpha value is -0.770. The summed E-state index contributed by atoms with van der Waals surface area (Å²) in [7, 11) is 0. The van der Waals surface area contributed by atoms with Crippen LogP contribution in [0.4, 0.5) is 4.79 Å². The van der Waals surface area contributed by atoms with Gasteiger partial charge in [0.1, 0.15) is 0 Å². The molecule has 1 heterocycles. The molecule has 4 heteroatoms. The molecule has 0 aromatic heterocycles. The summed E-state index contributed by atoms with van der Waals surface area (Å²) < 4.78 is 0. The number of nitrogens with zero attached hydrogens (tertiary/aromatic N) is 1. The van der Waals surface area contributed by atoms with Crippen molar-refractivity contribution in [3.05, 3.63) is 0 Å². The van der Waals surface area contributed by atoms with E-state index in [9.17, 15) is 4.79 Å². The minimum atomic E-state index is 0.153. The van der Waals surface area contributed by atoms with Gasteiger partial charge in [-0.25, -0.2) is 4.79 Å². The first-order valence-corrected chi connectivity index (χ1v) is 7.06. The van der Waals surface area contributed by atoms with E-state index >= 15 is 0 Å². The van der Waals surface area contributed by atoms with Crippen LogP contribution < -0.4 is 10.6 Å². The summed E-state index contributed by atoms with van der Waals surface area (Å²) in [5.74, 6) is 0.650. The Morgan fingerprint density at radius 3 is 2.82 bits per heavy atom. The number of carbonyl (C=O) groups excluding carboxylic acids is 1. The Bertz CT molecular complexity index is 247. The van der Waals surface area contributed by atoms with Crippen LogP contribution in [0.5, 0.6) is 0 Å². The third-order valence-corrected chi connectivity index (χ3v) is 3.63. The SMILES string of the molecule is CCCNC(=O)N(CC1CCCNC1)C1CC1. The van der Waals surface area contributed by atoms with Gasteiger partial charge in [0.15, 0.2) is 0 Å². The molecule has 1 aliphatic heterocycles.